The van der Waals surface area contributed by atoms with Gasteiger partial charge in [-0.25, -0.2) is 0 Å². The zero-order valence-corrected chi connectivity index (χ0v) is 13.8. The highest BCUT2D eigenvalue weighted by atomic mass is 16.2. The number of rotatable bonds is 4. The molecular formula is C17H28N2O. The zero-order chi connectivity index (χ0) is 15.5. The third kappa shape index (κ3) is 4.97. The lowest BCUT2D eigenvalue weighted by Crippen LogP contribution is -2.49. The lowest BCUT2D eigenvalue weighted by atomic mass is 10.0. The van der Waals surface area contributed by atoms with Gasteiger partial charge in [0, 0.05) is 11.6 Å². The summed E-state index contributed by atoms with van der Waals surface area (Å²) in [6.07, 6.45) is 0. The Morgan fingerprint density at radius 2 is 1.70 bits per heavy atom. The second-order valence-electron chi connectivity index (χ2n) is 6.69. The number of carbonyl (C=O) groups excluding carboxylic acids is 1. The van der Waals surface area contributed by atoms with Gasteiger partial charge in [0.05, 0.1) is 6.04 Å². The monoisotopic (exact) mass is 276 g/mol. The summed E-state index contributed by atoms with van der Waals surface area (Å²) in [5.41, 5.74) is 3.59. The molecule has 112 valence electrons. The molecule has 1 amide bonds. The quantitative estimate of drug-likeness (QED) is 0.886. The third-order valence-corrected chi connectivity index (χ3v) is 3.42. The zero-order valence-electron chi connectivity index (χ0n) is 13.8. The van der Waals surface area contributed by atoms with E-state index in [-0.39, 0.29) is 23.5 Å². The summed E-state index contributed by atoms with van der Waals surface area (Å²) < 4.78 is 0. The van der Waals surface area contributed by atoms with Crippen molar-refractivity contribution < 1.29 is 4.79 Å². The summed E-state index contributed by atoms with van der Waals surface area (Å²) in [5.74, 6) is 0.0354. The maximum Gasteiger partial charge on any atom is 0.237 e. The number of benzene rings is 1. The molecule has 0 bridgehead atoms. The van der Waals surface area contributed by atoms with Gasteiger partial charge in [-0.05, 0) is 65.2 Å². The first-order valence-electron chi connectivity index (χ1n) is 7.25. The summed E-state index contributed by atoms with van der Waals surface area (Å²) in [6, 6.07) is 6.36. The molecule has 0 saturated heterocycles. The van der Waals surface area contributed by atoms with Crippen molar-refractivity contribution in [3.8, 4) is 0 Å². The highest BCUT2D eigenvalue weighted by Crippen LogP contribution is 2.17. The smallest absolute Gasteiger partial charge is 0.237 e. The van der Waals surface area contributed by atoms with E-state index >= 15 is 0 Å². The molecule has 0 heterocycles. The topological polar surface area (TPSA) is 41.1 Å². The van der Waals surface area contributed by atoms with Gasteiger partial charge in [0.1, 0.15) is 0 Å². The van der Waals surface area contributed by atoms with Gasteiger partial charge >= 0.3 is 0 Å². The molecule has 1 rings (SSSR count). The Bertz CT molecular complexity index is 474. The lowest BCUT2D eigenvalue weighted by Gasteiger charge is -2.26. The first-order valence-corrected chi connectivity index (χ1v) is 7.25. The predicted octanol–water partition coefficient (Wildman–Crippen LogP) is 3.26. The number of hydrogen-bond donors (Lipinski definition) is 2. The molecule has 0 saturated carbocycles. The van der Waals surface area contributed by atoms with Crippen LogP contribution in [-0.4, -0.2) is 17.5 Å². The molecule has 0 aliphatic carbocycles. The van der Waals surface area contributed by atoms with E-state index < -0.39 is 0 Å². The van der Waals surface area contributed by atoms with E-state index in [0.717, 1.165) is 0 Å². The standard InChI is InChI=1S/C17H28N2O/c1-11-8-9-15(10-12(11)2)13(3)18-14(4)16(20)19-17(5,6)7/h8-10,13-14,18H,1-7H3,(H,19,20). The van der Waals surface area contributed by atoms with Gasteiger partial charge in [-0.15, -0.1) is 0 Å². The van der Waals surface area contributed by atoms with E-state index in [2.05, 4.69) is 49.6 Å². The van der Waals surface area contributed by atoms with Gasteiger partial charge in [-0.1, -0.05) is 18.2 Å². The molecule has 0 aromatic heterocycles. The van der Waals surface area contributed by atoms with Crippen LogP contribution in [0.5, 0.6) is 0 Å². The Morgan fingerprint density at radius 3 is 2.20 bits per heavy atom. The minimum Gasteiger partial charge on any atom is -0.350 e. The van der Waals surface area contributed by atoms with E-state index in [0.29, 0.717) is 0 Å². The van der Waals surface area contributed by atoms with Crippen molar-refractivity contribution in [2.45, 2.75) is 66.1 Å². The van der Waals surface area contributed by atoms with E-state index in [1.807, 2.05) is 27.7 Å². The molecule has 0 aliphatic heterocycles. The predicted molar refractivity (Wildman–Crippen MR) is 84.8 cm³/mol. The Hall–Kier alpha value is -1.35. The van der Waals surface area contributed by atoms with Crippen molar-refractivity contribution in [1.29, 1.82) is 0 Å². The molecular weight excluding hydrogens is 248 g/mol. The van der Waals surface area contributed by atoms with E-state index in [9.17, 15) is 4.79 Å². The first-order chi connectivity index (χ1) is 9.10. The minimum absolute atomic E-state index is 0.0354. The van der Waals surface area contributed by atoms with Crippen molar-refractivity contribution in [1.82, 2.24) is 10.6 Å². The van der Waals surface area contributed by atoms with Gasteiger partial charge in [0.2, 0.25) is 5.91 Å². The van der Waals surface area contributed by atoms with Gasteiger partial charge in [0.15, 0.2) is 0 Å². The summed E-state index contributed by atoms with van der Waals surface area (Å²) in [6.45, 7) is 14.2. The summed E-state index contributed by atoms with van der Waals surface area (Å²) in [4.78, 5) is 12.1. The minimum atomic E-state index is -0.217. The van der Waals surface area contributed by atoms with Crippen LogP contribution in [-0.2, 0) is 4.79 Å². The van der Waals surface area contributed by atoms with Crippen molar-refractivity contribution in [2.24, 2.45) is 0 Å². The second-order valence-corrected chi connectivity index (χ2v) is 6.69. The van der Waals surface area contributed by atoms with Crippen molar-refractivity contribution in [3.63, 3.8) is 0 Å². The molecule has 0 fully saturated rings. The van der Waals surface area contributed by atoms with Crippen LogP contribution in [0.3, 0.4) is 0 Å². The van der Waals surface area contributed by atoms with Gasteiger partial charge in [-0.3, -0.25) is 10.1 Å². The Kier molecular flexibility index (Phi) is 5.35. The van der Waals surface area contributed by atoms with Crippen LogP contribution in [0.1, 0.15) is 57.4 Å². The van der Waals surface area contributed by atoms with Crippen LogP contribution < -0.4 is 10.6 Å². The van der Waals surface area contributed by atoms with Gasteiger partial charge < -0.3 is 5.32 Å². The average Bonchev–Trinajstić information content (AvgIpc) is 2.30. The average molecular weight is 276 g/mol. The first kappa shape index (κ1) is 16.7. The molecule has 2 N–H and O–H groups in total. The molecule has 0 aliphatic rings. The number of nitrogens with one attached hydrogen (secondary N) is 2. The van der Waals surface area contributed by atoms with E-state index in [1.54, 1.807) is 0 Å². The molecule has 0 radical (unpaired) electrons. The molecule has 2 atom stereocenters. The molecule has 2 unspecified atom stereocenters. The van der Waals surface area contributed by atoms with Crippen LogP contribution in [0.2, 0.25) is 0 Å². The Balaban J connectivity index is 2.67. The van der Waals surface area contributed by atoms with Crippen LogP contribution in [0, 0.1) is 13.8 Å². The molecule has 3 heteroatoms. The normalized spacial score (nSPS) is 14.8. The fourth-order valence-corrected chi connectivity index (χ4v) is 2.06. The van der Waals surface area contributed by atoms with Crippen molar-refractivity contribution >= 4 is 5.91 Å². The summed E-state index contributed by atoms with van der Waals surface area (Å²) in [5, 5.41) is 6.35. The Morgan fingerprint density at radius 1 is 1.10 bits per heavy atom. The molecule has 1 aromatic carbocycles. The number of carbonyl (C=O) groups is 1. The third-order valence-electron chi connectivity index (χ3n) is 3.42. The molecule has 20 heavy (non-hydrogen) atoms. The molecule has 0 spiro atoms. The highest BCUT2D eigenvalue weighted by molar-refractivity contribution is 5.81. The molecule has 1 aromatic rings. The largest absolute Gasteiger partial charge is 0.350 e. The van der Waals surface area contributed by atoms with Crippen molar-refractivity contribution in [2.75, 3.05) is 0 Å². The highest BCUT2D eigenvalue weighted by Gasteiger charge is 2.20. The van der Waals surface area contributed by atoms with Gasteiger partial charge in [0.25, 0.3) is 0 Å². The molecule has 3 nitrogen and oxygen atoms in total. The fraction of sp³-hybridized carbons (Fsp3) is 0.588. The van der Waals surface area contributed by atoms with E-state index in [4.69, 9.17) is 0 Å². The number of hydrogen-bond acceptors (Lipinski definition) is 2. The fourth-order valence-electron chi connectivity index (χ4n) is 2.06. The maximum absolute atomic E-state index is 12.1. The number of amides is 1. The van der Waals surface area contributed by atoms with E-state index in [1.165, 1.54) is 16.7 Å². The summed E-state index contributed by atoms with van der Waals surface area (Å²) in [7, 11) is 0. The van der Waals surface area contributed by atoms with Crippen molar-refractivity contribution in [3.05, 3.63) is 34.9 Å². The van der Waals surface area contributed by atoms with Crippen LogP contribution >= 0.6 is 0 Å². The Labute approximate surface area is 123 Å². The van der Waals surface area contributed by atoms with Crippen LogP contribution in [0.15, 0.2) is 18.2 Å². The van der Waals surface area contributed by atoms with Crippen LogP contribution in [0.4, 0.5) is 0 Å². The van der Waals surface area contributed by atoms with Gasteiger partial charge in [-0.2, -0.15) is 0 Å². The summed E-state index contributed by atoms with van der Waals surface area (Å²) >= 11 is 0. The lowest BCUT2D eigenvalue weighted by molar-refractivity contribution is -0.124. The number of aryl methyl sites for hydroxylation is 2. The SMILES string of the molecule is Cc1ccc(C(C)NC(C)C(=O)NC(C)(C)C)cc1C. The van der Waals surface area contributed by atoms with Crippen LogP contribution in [0.25, 0.3) is 0 Å². The maximum atomic E-state index is 12.1. The second kappa shape index (κ2) is 6.40.